The number of para-hydroxylation sites is 1. The summed E-state index contributed by atoms with van der Waals surface area (Å²) in [6.07, 6.45) is 0.922. The Morgan fingerprint density at radius 1 is 0.933 bits per heavy atom. The van der Waals surface area contributed by atoms with Crippen LogP contribution in [0.15, 0.2) is 42.5 Å². The van der Waals surface area contributed by atoms with Crippen molar-refractivity contribution in [2.45, 2.75) is 6.42 Å². The lowest BCUT2D eigenvalue weighted by Gasteiger charge is -2.21. The van der Waals surface area contributed by atoms with Gasteiger partial charge in [-0.25, -0.2) is 0 Å². The fraction of sp³-hybridized carbons (Fsp3) is 0.0714. The van der Waals surface area contributed by atoms with Gasteiger partial charge in [0, 0.05) is 12.0 Å². The molecule has 1 radical (unpaired) electrons. The molecular weight excluding hydrogens is 184 g/mol. The molecule has 0 amide bonds. The van der Waals surface area contributed by atoms with E-state index in [9.17, 15) is 0 Å². The van der Waals surface area contributed by atoms with Crippen molar-refractivity contribution in [1.82, 2.24) is 0 Å². The molecule has 0 atom stereocenters. The lowest BCUT2D eigenvalue weighted by molar-refractivity contribution is 0.459. The van der Waals surface area contributed by atoms with Gasteiger partial charge >= 0.3 is 0 Å². The Bertz CT molecular complexity index is 514. The zero-order valence-corrected chi connectivity index (χ0v) is 8.36. The molecule has 1 nitrogen and oxygen atoms in total. The van der Waals surface area contributed by atoms with Gasteiger partial charge in [0.25, 0.3) is 0 Å². The molecule has 1 aliphatic heterocycles. The molecule has 3 rings (SSSR count). The van der Waals surface area contributed by atoms with Crippen LogP contribution in [0.1, 0.15) is 16.7 Å². The van der Waals surface area contributed by atoms with Gasteiger partial charge in [0.15, 0.2) is 0 Å². The van der Waals surface area contributed by atoms with E-state index >= 15 is 0 Å². The predicted molar refractivity (Wildman–Crippen MR) is 60.2 cm³/mol. The van der Waals surface area contributed by atoms with Gasteiger partial charge in [0.1, 0.15) is 11.5 Å². The van der Waals surface area contributed by atoms with Crippen molar-refractivity contribution >= 4 is 0 Å². The Kier molecular flexibility index (Phi) is 1.78. The summed E-state index contributed by atoms with van der Waals surface area (Å²) in [4.78, 5) is 0. The van der Waals surface area contributed by atoms with E-state index in [1.807, 2.05) is 36.4 Å². The van der Waals surface area contributed by atoms with E-state index in [1.165, 1.54) is 11.1 Å². The SMILES string of the molecule is [CH2]c1cccc2c1Cc1ccccc1O2. The van der Waals surface area contributed by atoms with Gasteiger partial charge in [0.05, 0.1) is 0 Å². The first kappa shape index (κ1) is 8.54. The fourth-order valence-electron chi connectivity index (χ4n) is 1.97. The molecule has 0 saturated heterocycles. The minimum atomic E-state index is 0.922. The van der Waals surface area contributed by atoms with Crippen molar-refractivity contribution in [3.63, 3.8) is 0 Å². The van der Waals surface area contributed by atoms with Crippen molar-refractivity contribution in [3.8, 4) is 11.5 Å². The summed E-state index contributed by atoms with van der Waals surface area (Å²) in [5.41, 5.74) is 3.50. The molecule has 0 unspecified atom stereocenters. The normalized spacial score (nSPS) is 12.6. The van der Waals surface area contributed by atoms with Crippen LogP contribution in [0.2, 0.25) is 0 Å². The van der Waals surface area contributed by atoms with Crippen LogP contribution in [0.25, 0.3) is 0 Å². The van der Waals surface area contributed by atoms with Gasteiger partial charge in [-0.2, -0.15) is 0 Å². The maximum absolute atomic E-state index is 5.82. The predicted octanol–water partition coefficient (Wildman–Crippen LogP) is 3.57. The minimum absolute atomic E-state index is 0.922. The maximum Gasteiger partial charge on any atom is 0.131 e. The van der Waals surface area contributed by atoms with E-state index in [0.29, 0.717) is 0 Å². The Hall–Kier alpha value is -1.76. The molecule has 2 aromatic rings. The van der Waals surface area contributed by atoms with Crippen LogP contribution in [-0.4, -0.2) is 0 Å². The van der Waals surface area contributed by atoms with Crippen LogP contribution in [0.4, 0.5) is 0 Å². The van der Waals surface area contributed by atoms with Crippen LogP contribution in [0.5, 0.6) is 11.5 Å². The van der Waals surface area contributed by atoms with Gasteiger partial charge in [-0.05, 0) is 30.2 Å². The number of fused-ring (bicyclic) bond motifs is 2. The summed E-state index contributed by atoms with van der Waals surface area (Å²) in [5, 5.41) is 0. The molecule has 0 aromatic heterocycles. The number of benzene rings is 2. The molecule has 1 heteroatoms. The first-order valence-electron chi connectivity index (χ1n) is 5.04. The van der Waals surface area contributed by atoms with Gasteiger partial charge < -0.3 is 4.74 Å². The van der Waals surface area contributed by atoms with Crippen LogP contribution >= 0.6 is 0 Å². The van der Waals surface area contributed by atoms with Crippen LogP contribution < -0.4 is 4.74 Å². The third-order valence-electron chi connectivity index (χ3n) is 2.79. The zero-order chi connectivity index (χ0) is 10.3. The van der Waals surface area contributed by atoms with Gasteiger partial charge in [0.2, 0.25) is 0 Å². The van der Waals surface area contributed by atoms with E-state index in [0.717, 1.165) is 23.5 Å². The zero-order valence-electron chi connectivity index (χ0n) is 8.36. The van der Waals surface area contributed by atoms with Crippen molar-refractivity contribution in [1.29, 1.82) is 0 Å². The maximum atomic E-state index is 5.82. The highest BCUT2D eigenvalue weighted by Gasteiger charge is 2.17. The number of hydrogen-bond donors (Lipinski definition) is 0. The molecule has 15 heavy (non-hydrogen) atoms. The lowest BCUT2D eigenvalue weighted by Crippen LogP contribution is -2.04. The van der Waals surface area contributed by atoms with Crippen LogP contribution in [0.3, 0.4) is 0 Å². The van der Waals surface area contributed by atoms with Gasteiger partial charge in [-0.1, -0.05) is 30.3 Å². The summed E-state index contributed by atoms with van der Waals surface area (Å²) >= 11 is 0. The van der Waals surface area contributed by atoms with E-state index in [2.05, 4.69) is 13.0 Å². The number of hydrogen-bond acceptors (Lipinski definition) is 1. The monoisotopic (exact) mass is 195 g/mol. The average Bonchev–Trinajstić information content (AvgIpc) is 2.27. The number of rotatable bonds is 0. The first-order valence-corrected chi connectivity index (χ1v) is 5.04. The minimum Gasteiger partial charge on any atom is -0.457 e. The molecule has 0 fully saturated rings. The molecule has 1 aliphatic rings. The van der Waals surface area contributed by atoms with Crippen LogP contribution in [0, 0.1) is 6.92 Å². The number of ether oxygens (including phenoxy) is 1. The van der Waals surface area contributed by atoms with Crippen molar-refractivity contribution in [2.24, 2.45) is 0 Å². The van der Waals surface area contributed by atoms with Crippen molar-refractivity contribution in [2.75, 3.05) is 0 Å². The first-order chi connectivity index (χ1) is 7.34. The van der Waals surface area contributed by atoms with E-state index in [-0.39, 0.29) is 0 Å². The second kappa shape index (κ2) is 3.13. The third-order valence-corrected chi connectivity index (χ3v) is 2.79. The third kappa shape index (κ3) is 1.32. The Morgan fingerprint density at radius 2 is 1.73 bits per heavy atom. The van der Waals surface area contributed by atoms with E-state index < -0.39 is 0 Å². The highest BCUT2D eigenvalue weighted by atomic mass is 16.5. The summed E-state index contributed by atoms with van der Waals surface area (Å²) in [7, 11) is 0. The molecular formula is C14H11O. The highest BCUT2D eigenvalue weighted by Crippen LogP contribution is 2.37. The summed E-state index contributed by atoms with van der Waals surface area (Å²) in [5.74, 6) is 1.91. The topological polar surface area (TPSA) is 9.23 Å². The van der Waals surface area contributed by atoms with Gasteiger partial charge in [-0.15, -0.1) is 0 Å². The second-order valence-corrected chi connectivity index (χ2v) is 3.78. The Labute approximate surface area is 89.3 Å². The van der Waals surface area contributed by atoms with Crippen molar-refractivity contribution in [3.05, 3.63) is 66.1 Å². The highest BCUT2D eigenvalue weighted by molar-refractivity contribution is 5.53. The molecule has 0 aliphatic carbocycles. The second-order valence-electron chi connectivity index (χ2n) is 3.78. The average molecular weight is 195 g/mol. The summed E-state index contributed by atoms with van der Waals surface area (Å²) in [6, 6.07) is 14.2. The molecule has 73 valence electrons. The molecule has 0 N–H and O–H groups in total. The lowest BCUT2D eigenvalue weighted by atomic mass is 9.97. The van der Waals surface area contributed by atoms with E-state index in [4.69, 9.17) is 4.74 Å². The molecule has 0 saturated carbocycles. The molecule has 2 aromatic carbocycles. The Balaban J connectivity index is 2.15. The largest absolute Gasteiger partial charge is 0.457 e. The molecule has 0 bridgehead atoms. The summed E-state index contributed by atoms with van der Waals surface area (Å²) in [6.45, 7) is 4.03. The Morgan fingerprint density at radius 3 is 2.67 bits per heavy atom. The summed E-state index contributed by atoms with van der Waals surface area (Å²) < 4.78 is 5.82. The van der Waals surface area contributed by atoms with Crippen LogP contribution in [-0.2, 0) is 6.42 Å². The quantitative estimate of drug-likeness (QED) is 0.533. The van der Waals surface area contributed by atoms with Crippen molar-refractivity contribution < 1.29 is 4.74 Å². The van der Waals surface area contributed by atoms with E-state index in [1.54, 1.807) is 0 Å². The fourth-order valence-corrected chi connectivity index (χ4v) is 1.97. The standard InChI is InChI=1S/C14H11O/c1-10-5-4-8-14-12(10)9-11-6-2-3-7-13(11)15-14/h2-8H,1,9H2. The molecule has 0 spiro atoms. The molecule has 1 heterocycles. The van der Waals surface area contributed by atoms with Gasteiger partial charge in [-0.3, -0.25) is 0 Å². The smallest absolute Gasteiger partial charge is 0.131 e.